The van der Waals surface area contributed by atoms with E-state index in [0.29, 0.717) is 43.0 Å². The summed E-state index contributed by atoms with van der Waals surface area (Å²) in [4.78, 5) is 32.0. The number of carbonyl (C=O) groups is 2. The van der Waals surface area contributed by atoms with Crippen molar-refractivity contribution in [2.75, 3.05) is 36.4 Å². The molecule has 0 aliphatic carbocycles. The van der Waals surface area contributed by atoms with Crippen molar-refractivity contribution in [2.45, 2.75) is 6.92 Å². The van der Waals surface area contributed by atoms with Crippen LogP contribution in [0.5, 0.6) is 0 Å². The number of nitrogens with one attached hydrogen (secondary N) is 1. The van der Waals surface area contributed by atoms with Gasteiger partial charge in [0.25, 0.3) is 5.91 Å². The van der Waals surface area contributed by atoms with Gasteiger partial charge in [0.15, 0.2) is 0 Å². The predicted molar refractivity (Wildman–Crippen MR) is 97.8 cm³/mol. The van der Waals surface area contributed by atoms with E-state index in [9.17, 15) is 9.59 Å². The largest absolute Gasteiger partial charge is 0.367 e. The number of pyridine rings is 1. The molecule has 7 heteroatoms. The molecule has 0 spiro atoms. The fraction of sp³-hybridized carbons (Fsp3) is 0.263. The van der Waals surface area contributed by atoms with Crippen LogP contribution >= 0.6 is 0 Å². The third-order valence-corrected chi connectivity index (χ3v) is 4.37. The summed E-state index contributed by atoms with van der Waals surface area (Å²) in [5, 5.41) is 11.9. The minimum absolute atomic E-state index is 0.0760. The topological polar surface area (TPSA) is 89.3 Å². The lowest BCUT2D eigenvalue weighted by molar-refractivity contribution is -0.129. The maximum absolute atomic E-state index is 12.5. The van der Waals surface area contributed by atoms with Gasteiger partial charge in [0, 0.05) is 39.3 Å². The molecule has 132 valence electrons. The second kappa shape index (κ2) is 7.66. The van der Waals surface area contributed by atoms with E-state index in [1.807, 2.05) is 0 Å². The van der Waals surface area contributed by atoms with Crippen molar-refractivity contribution in [1.29, 1.82) is 5.26 Å². The van der Waals surface area contributed by atoms with Gasteiger partial charge in [-0.2, -0.15) is 5.26 Å². The Balaban J connectivity index is 1.72. The van der Waals surface area contributed by atoms with Crippen LogP contribution in [0.25, 0.3) is 0 Å². The number of nitrogens with zero attached hydrogens (tertiary/aromatic N) is 4. The minimum atomic E-state index is -0.315. The fourth-order valence-electron chi connectivity index (χ4n) is 2.89. The molecule has 1 N–H and O–H groups in total. The molecular formula is C19H19N5O2. The molecule has 1 aliphatic heterocycles. The maximum atomic E-state index is 12.5. The predicted octanol–water partition coefficient (Wildman–Crippen LogP) is 1.87. The molecule has 2 heterocycles. The first-order valence-electron chi connectivity index (χ1n) is 8.34. The van der Waals surface area contributed by atoms with Crippen molar-refractivity contribution in [1.82, 2.24) is 9.88 Å². The first-order chi connectivity index (χ1) is 12.6. The Hall–Kier alpha value is -3.40. The summed E-state index contributed by atoms with van der Waals surface area (Å²) >= 11 is 0. The first kappa shape index (κ1) is 17.4. The van der Waals surface area contributed by atoms with E-state index >= 15 is 0 Å². The Morgan fingerprint density at radius 2 is 1.88 bits per heavy atom. The lowest BCUT2D eigenvalue weighted by Gasteiger charge is -2.35. The summed E-state index contributed by atoms with van der Waals surface area (Å²) < 4.78 is 0. The lowest BCUT2D eigenvalue weighted by atomic mass is 10.1. The summed E-state index contributed by atoms with van der Waals surface area (Å²) in [6.07, 6.45) is 3.21. The molecule has 1 fully saturated rings. The first-order valence-corrected chi connectivity index (χ1v) is 8.34. The van der Waals surface area contributed by atoms with Crippen molar-refractivity contribution in [3.63, 3.8) is 0 Å². The number of hydrogen-bond donors (Lipinski definition) is 1. The van der Waals surface area contributed by atoms with Gasteiger partial charge >= 0.3 is 0 Å². The van der Waals surface area contributed by atoms with Crippen LogP contribution in [0.4, 0.5) is 11.4 Å². The van der Waals surface area contributed by atoms with E-state index in [2.05, 4.69) is 21.3 Å². The van der Waals surface area contributed by atoms with Crippen molar-refractivity contribution >= 4 is 23.2 Å². The van der Waals surface area contributed by atoms with Crippen LogP contribution in [0.3, 0.4) is 0 Å². The monoisotopic (exact) mass is 349 g/mol. The summed E-state index contributed by atoms with van der Waals surface area (Å²) in [5.74, 6) is -0.239. The number of para-hydroxylation sites is 1. The average Bonchev–Trinajstić information content (AvgIpc) is 2.68. The van der Waals surface area contributed by atoms with E-state index in [4.69, 9.17) is 5.26 Å². The average molecular weight is 349 g/mol. The molecule has 0 radical (unpaired) electrons. The molecule has 3 rings (SSSR count). The van der Waals surface area contributed by atoms with E-state index < -0.39 is 0 Å². The highest BCUT2D eigenvalue weighted by atomic mass is 16.2. The van der Waals surface area contributed by atoms with Crippen molar-refractivity contribution in [2.24, 2.45) is 0 Å². The van der Waals surface area contributed by atoms with E-state index in [0.717, 1.165) is 5.69 Å². The van der Waals surface area contributed by atoms with Crippen LogP contribution in [0, 0.1) is 11.3 Å². The molecular weight excluding hydrogens is 330 g/mol. The third kappa shape index (κ3) is 3.81. The van der Waals surface area contributed by atoms with Gasteiger partial charge in [0.05, 0.1) is 28.7 Å². The Kier molecular flexibility index (Phi) is 5.13. The number of carbonyl (C=O) groups excluding carboxylic acids is 2. The summed E-state index contributed by atoms with van der Waals surface area (Å²) in [7, 11) is 0. The molecule has 0 saturated carbocycles. The van der Waals surface area contributed by atoms with Gasteiger partial charge in [-0.25, -0.2) is 0 Å². The van der Waals surface area contributed by atoms with Crippen LogP contribution in [0.1, 0.15) is 22.8 Å². The van der Waals surface area contributed by atoms with Gasteiger partial charge < -0.3 is 15.1 Å². The number of hydrogen-bond acceptors (Lipinski definition) is 5. The Bertz CT molecular complexity index is 866. The molecule has 1 aromatic carbocycles. The fourth-order valence-corrected chi connectivity index (χ4v) is 2.89. The molecule has 2 amide bonds. The normalized spacial score (nSPS) is 13.8. The van der Waals surface area contributed by atoms with Gasteiger partial charge in [-0.15, -0.1) is 0 Å². The Morgan fingerprint density at radius 1 is 1.15 bits per heavy atom. The highest BCUT2D eigenvalue weighted by Crippen LogP contribution is 2.19. The highest BCUT2D eigenvalue weighted by molar-refractivity contribution is 6.05. The molecule has 26 heavy (non-hydrogen) atoms. The van der Waals surface area contributed by atoms with Crippen molar-refractivity contribution in [3.05, 3.63) is 53.9 Å². The van der Waals surface area contributed by atoms with Gasteiger partial charge in [-0.05, 0) is 18.2 Å². The molecule has 2 aromatic rings. The van der Waals surface area contributed by atoms with Gasteiger partial charge in [-0.1, -0.05) is 12.1 Å². The highest BCUT2D eigenvalue weighted by Gasteiger charge is 2.20. The number of aromatic nitrogens is 1. The van der Waals surface area contributed by atoms with E-state index in [-0.39, 0.29) is 11.8 Å². The standard InChI is InChI=1S/C19H19N5O2/c1-14(25)23-6-8-24(9-7-23)17-10-16(12-21-13-17)19(26)22-18-5-3-2-4-15(18)11-20/h2-5,10,12-13H,6-9H2,1H3,(H,22,26). The van der Waals surface area contributed by atoms with E-state index in [1.54, 1.807) is 48.4 Å². The minimum Gasteiger partial charge on any atom is -0.367 e. The van der Waals surface area contributed by atoms with Crippen molar-refractivity contribution in [3.8, 4) is 6.07 Å². The van der Waals surface area contributed by atoms with Gasteiger partial charge in [0.2, 0.25) is 5.91 Å². The number of piperazine rings is 1. The zero-order valence-corrected chi connectivity index (χ0v) is 14.5. The number of nitriles is 1. The zero-order chi connectivity index (χ0) is 18.5. The van der Waals surface area contributed by atoms with E-state index in [1.165, 1.54) is 6.20 Å². The van der Waals surface area contributed by atoms with Crippen LogP contribution in [0.2, 0.25) is 0 Å². The third-order valence-electron chi connectivity index (χ3n) is 4.37. The summed E-state index contributed by atoms with van der Waals surface area (Å²) in [5.41, 5.74) is 2.14. The molecule has 1 aliphatic rings. The second-order valence-corrected chi connectivity index (χ2v) is 6.04. The lowest BCUT2D eigenvalue weighted by Crippen LogP contribution is -2.48. The summed E-state index contributed by atoms with van der Waals surface area (Å²) in [6.45, 7) is 4.27. The number of anilines is 2. The molecule has 0 bridgehead atoms. The molecule has 7 nitrogen and oxygen atoms in total. The Morgan fingerprint density at radius 3 is 2.58 bits per heavy atom. The van der Waals surface area contributed by atoms with Gasteiger partial charge in [0.1, 0.15) is 6.07 Å². The maximum Gasteiger partial charge on any atom is 0.257 e. The number of amides is 2. The quantitative estimate of drug-likeness (QED) is 0.914. The smallest absolute Gasteiger partial charge is 0.257 e. The molecule has 1 saturated heterocycles. The van der Waals surface area contributed by atoms with Crippen LogP contribution in [-0.4, -0.2) is 47.9 Å². The number of rotatable bonds is 3. The van der Waals surface area contributed by atoms with Crippen LogP contribution < -0.4 is 10.2 Å². The Labute approximate surface area is 151 Å². The second-order valence-electron chi connectivity index (χ2n) is 6.04. The van der Waals surface area contributed by atoms with Crippen LogP contribution in [0.15, 0.2) is 42.7 Å². The summed E-state index contributed by atoms with van der Waals surface area (Å²) in [6, 6.07) is 10.7. The van der Waals surface area contributed by atoms with Crippen molar-refractivity contribution < 1.29 is 9.59 Å². The number of benzene rings is 1. The molecule has 0 atom stereocenters. The molecule has 1 aromatic heterocycles. The van der Waals surface area contributed by atoms with Gasteiger partial charge in [-0.3, -0.25) is 14.6 Å². The molecule has 0 unspecified atom stereocenters. The van der Waals surface area contributed by atoms with Crippen LogP contribution in [-0.2, 0) is 4.79 Å². The zero-order valence-electron chi connectivity index (χ0n) is 14.5. The SMILES string of the molecule is CC(=O)N1CCN(c2cncc(C(=O)Nc3ccccc3C#N)c2)CC1.